The number of benzene rings is 1. The maximum Gasteiger partial charge on any atom is 0.125 e. The van der Waals surface area contributed by atoms with Crippen LogP contribution >= 0.6 is 0 Å². The summed E-state index contributed by atoms with van der Waals surface area (Å²) in [5.74, 6) is 0.951. The predicted octanol–water partition coefficient (Wildman–Crippen LogP) is 3.88. The van der Waals surface area contributed by atoms with E-state index in [9.17, 15) is 0 Å². The largest absolute Gasteiger partial charge is 0.493 e. The van der Waals surface area contributed by atoms with Gasteiger partial charge < -0.3 is 9.47 Å². The first kappa shape index (κ1) is 12.2. The molecule has 0 bridgehead atoms. The van der Waals surface area contributed by atoms with Crippen molar-refractivity contribution < 1.29 is 9.47 Å². The summed E-state index contributed by atoms with van der Waals surface area (Å²) in [6.07, 6.45) is 1.11. The SMILES string of the molecule is CCOc1ccccc1C1CC(C)=C(C)CO1. The monoisotopic (exact) mass is 232 g/mol. The van der Waals surface area contributed by atoms with E-state index in [0.717, 1.165) is 18.8 Å². The molecular weight excluding hydrogens is 212 g/mol. The summed E-state index contributed by atoms with van der Waals surface area (Å²) in [5, 5.41) is 0. The minimum absolute atomic E-state index is 0.140. The van der Waals surface area contributed by atoms with Gasteiger partial charge in [0.15, 0.2) is 0 Å². The van der Waals surface area contributed by atoms with Gasteiger partial charge in [0.25, 0.3) is 0 Å². The highest BCUT2D eigenvalue weighted by Crippen LogP contribution is 2.35. The lowest BCUT2D eigenvalue weighted by Crippen LogP contribution is -2.14. The number of para-hydroxylation sites is 1. The molecule has 1 heterocycles. The van der Waals surface area contributed by atoms with E-state index < -0.39 is 0 Å². The molecule has 1 unspecified atom stereocenters. The molecule has 17 heavy (non-hydrogen) atoms. The van der Waals surface area contributed by atoms with E-state index in [1.807, 2.05) is 25.1 Å². The number of hydrogen-bond acceptors (Lipinski definition) is 2. The van der Waals surface area contributed by atoms with Crippen LogP contribution in [0.4, 0.5) is 0 Å². The van der Waals surface area contributed by atoms with E-state index >= 15 is 0 Å². The maximum atomic E-state index is 5.90. The minimum Gasteiger partial charge on any atom is -0.493 e. The lowest BCUT2D eigenvalue weighted by atomic mass is 9.96. The average Bonchev–Trinajstić information content (AvgIpc) is 2.34. The fourth-order valence-corrected chi connectivity index (χ4v) is 2.09. The van der Waals surface area contributed by atoms with Crippen LogP contribution < -0.4 is 4.74 Å². The maximum absolute atomic E-state index is 5.90. The lowest BCUT2D eigenvalue weighted by molar-refractivity contribution is 0.0556. The smallest absolute Gasteiger partial charge is 0.125 e. The van der Waals surface area contributed by atoms with E-state index in [1.165, 1.54) is 16.7 Å². The molecule has 1 atom stereocenters. The highest BCUT2D eigenvalue weighted by molar-refractivity contribution is 5.36. The van der Waals surface area contributed by atoms with Crippen LogP contribution in [-0.2, 0) is 4.74 Å². The molecule has 0 fully saturated rings. The van der Waals surface area contributed by atoms with Crippen LogP contribution in [0.1, 0.15) is 38.9 Å². The topological polar surface area (TPSA) is 18.5 Å². The molecule has 0 aliphatic carbocycles. The second kappa shape index (κ2) is 5.37. The summed E-state index contributed by atoms with van der Waals surface area (Å²) in [6, 6.07) is 8.17. The molecule has 1 aliphatic heterocycles. The average molecular weight is 232 g/mol. The summed E-state index contributed by atoms with van der Waals surface area (Å²) in [5.41, 5.74) is 3.96. The Morgan fingerprint density at radius 3 is 2.71 bits per heavy atom. The van der Waals surface area contributed by atoms with Crippen LogP contribution in [0.3, 0.4) is 0 Å². The highest BCUT2D eigenvalue weighted by atomic mass is 16.5. The van der Waals surface area contributed by atoms with Crippen LogP contribution in [0.25, 0.3) is 0 Å². The van der Waals surface area contributed by atoms with Crippen LogP contribution in [0.5, 0.6) is 5.75 Å². The Labute approximate surface area is 103 Å². The first-order valence-corrected chi connectivity index (χ1v) is 6.21. The van der Waals surface area contributed by atoms with Gasteiger partial charge in [-0.15, -0.1) is 0 Å². The van der Waals surface area contributed by atoms with Crippen molar-refractivity contribution in [2.24, 2.45) is 0 Å². The number of hydrogen-bond donors (Lipinski definition) is 0. The Morgan fingerprint density at radius 2 is 2.00 bits per heavy atom. The summed E-state index contributed by atoms with van der Waals surface area (Å²) >= 11 is 0. The van der Waals surface area contributed by atoms with E-state index in [0.29, 0.717) is 6.61 Å². The Bertz CT molecular complexity index is 421. The summed E-state index contributed by atoms with van der Waals surface area (Å²) < 4.78 is 11.6. The third kappa shape index (κ3) is 2.70. The third-order valence-corrected chi connectivity index (χ3v) is 3.29. The molecule has 0 spiro atoms. The molecule has 2 nitrogen and oxygen atoms in total. The molecule has 1 aromatic carbocycles. The molecule has 1 aliphatic rings. The molecule has 0 aromatic heterocycles. The van der Waals surface area contributed by atoms with E-state index in [2.05, 4.69) is 19.9 Å². The molecule has 0 amide bonds. The second-order valence-corrected chi connectivity index (χ2v) is 4.54. The van der Waals surface area contributed by atoms with Gasteiger partial charge in [-0.3, -0.25) is 0 Å². The van der Waals surface area contributed by atoms with Crippen LogP contribution in [-0.4, -0.2) is 13.2 Å². The van der Waals surface area contributed by atoms with Gasteiger partial charge in [-0.05, 0) is 38.8 Å². The van der Waals surface area contributed by atoms with E-state index in [-0.39, 0.29) is 6.10 Å². The molecular formula is C15H20O2. The molecule has 0 saturated heterocycles. The second-order valence-electron chi connectivity index (χ2n) is 4.54. The van der Waals surface area contributed by atoms with E-state index in [4.69, 9.17) is 9.47 Å². The molecule has 0 N–H and O–H groups in total. The minimum atomic E-state index is 0.140. The van der Waals surface area contributed by atoms with Gasteiger partial charge in [0.2, 0.25) is 0 Å². The van der Waals surface area contributed by atoms with Gasteiger partial charge in [0.05, 0.1) is 19.3 Å². The highest BCUT2D eigenvalue weighted by Gasteiger charge is 2.21. The summed E-state index contributed by atoms with van der Waals surface area (Å²) in [7, 11) is 0. The third-order valence-electron chi connectivity index (χ3n) is 3.29. The Morgan fingerprint density at radius 1 is 1.24 bits per heavy atom. The first-order valence-electron chi connectivity index (χ1n) is 6.21. The van der Waals surface area contributed by atoms with Gasteiger partial charge in [-0.1, -0.05) is 23.8 Å². The van der Waals surface area contributed by atoms with Crippen LogP contribution in [0, 0.1) is 0 Å². The van der Waals surface area contributed by atoms with Gasteiger partial charge >= 0.3 is 0 Å². The molecule has 0 saturated carbocycles. The van der Waals surface area contributed by atoms with E-state index in [1.54, 1.807) is 0 Å². The normalized spacial score (nSPS) is 20.5. The van der Waals surface area contributed by atoms with Crippen molar-refractivity contribution in [1.29, 1.82) is 0 Å². The Balaban J connectivity index is 2.23. The van der Waals surface area contributed by atoms with Crippen LogP contribution in [0.2, 0.25) is 0 Å². The number of ether oxygens (including phenoxy) is 2. The van der Waals surface area contributed by atoms with Crippen molar-refractivity contribution in [3.63, 3.8) is 0 Å². The van der Waals surface area contributed by atoms with Gasteiger partial charge in [0, 0.05) is 5.56 Å². The quantitative estimate of drug-likeness (QED) is 0.736. The zero-order valence-electron chi connectivity index (χ0n) is 10.8. The van der Waals surface area contributed by atoms with Crippen LogP contribution in [0.15, 0.2) is 35.4 Å². The van der Waals surface area contributed by atoms with Gasteiger partial charge in [-0.2, -0.15) is 0 Å². The molecule has 2 heteroatoms. The summed E-state index contributed by atoms with van der Waals surface area (Å²) in [6.45, 7) is 7.76. The zero-order chi connectivity index (χ0) is 12.3. The predicted molar refractivity (Wildman–Crippen MR) is 69.3 cm³/mol. The summed E-state index contributed by atoms with van der Waals surface area (Å²) in [4.78, 5) is 0. The molecule has 2 rings (SSSR count). The molecule has 1 aromatic rings. The zero-order valence-corrected chi connectivity index (χ0v) is 10.8. The molecule has 0 radical (unpaired) electrons. The van der Waals surface area contributed by atoms with Crippen molar-refractivity contribution in [2.45, 2.75) is 33.3 Å². The van der Waals surface area contributed by atoms with Crippen molar-refractivity contribution in [3.8, 4) is 5.75 Å². The number of rotatable bonds is 3. The Hall–Kier alpha value is -1.28. The van der Waals surface area contributed by atoms with Crippen molar-refractivity contribution in [2.75, 3.05) is 13.2 Å². The Kier molecular flexibility index (Phi) is 3.85. The standard InChI is InChI=1S/C15H20O2/c1-4-16-14-8-6-5-7-13(14)15-9-11(2)12(3)10-17-15/h5-8,15H,4,9-10H2,1-3H3. The van der Waals surface area contributed by atoms with Gasteiger partial charge in [-0.25, -0.2) is 0 Å². The fraction of sp³-hybridized carbons (Fsp3) is 0.467. The van der Waals surface area contributed by atoms with Gasteiger partial charge in [0.1, 0.15) is 5.75 Å². The lowest BCUT2D eigenvalue weighted by Gasteiger charge is -2.26. The van der Waals surface area contributed by atoms with Crippen molar-refractivity contribution in [1.82, 2.24) is 0 Å². The van der Waals surface area contributed by atoms with Crippen molar-refractivity contribution >= 4 is 0 Å². The van der Waals surface area contributed by atoms with Crippen molar-refractivity contribution in [3.05, 3.63) is 41.0 Å². The first-order chi connectivity index (χ1) is 8.22. The molecule has 92 valence electrons. The fourth-order valence-electron chi connectivity index (χ4n) is 2.09.